The molecule has 0 heterocycles. The van der Waals surface area contributed by atoms with Crippen LogP contribution in [0.3, 0.4) is 0 Å². The largest absolute Gasteiger partial charge is 0.481 e. The van der Waals surface area contributed by atoms with Crippen molar-refractivity contribution in [3.8, 4) is 0 Å². The Bertz CT molecular complexity index is 138. The number of rotatable bonds is 3. The van der Waals surface area contributed by atoms with Crippen molar-refractivity contribution in [1.82, 2.24) is 0 Å². The molecule has 0 saturated heterocycles. The third-order valence-corrected chi connectivity index (χ3v) is 1.31. The van der Waals surface area contributed by atoms with Crippen molar-refractivity contribution >= 4 is 5.97 Å². The molecule has 0 bridgehead atoms. The molecule has 0 aromatic rings. The lowest BCUT2D eigenvalue weighted by Gasteiger charge is -2.21. The molecule has 3 nitrogen and oxygen atoms in total. The Kier molecular flexibility index (Phi) is 3.52. The van der Waals surface area contributed by atoms with Crippen molar-refractivity contribution in [3.05, 3.63) is 0 Å². The molecule has 3 N–H and O–H groups in total. The van der Waals surface area contributed by atoms with Crippen LogP contribution in [0.4, 0.5) is 0 Å². The number of nitrogens with two attached hydrogens (primary N) is 1. The lowest BCUT2D eigenvalue weighted by atomic mass is 9.87. The molecule has 0 unspecified atom stereocenters. The molecule has 0 aliphatic carbocycles. The van der Waals surface area contributed by atoms with E-state index in [1.807, 2.05) is 0 Å². The van der Waals surface area contributed by atoms with E-state index in [1.165, 1.54) is 0 Å². The lowest BCUT2D eigenvalue weighted by molar-refractivity contribution is -0.137. The fourth-order valence-corrected chi connectivity index (χ4v) is 1.08. The van der Waals surface area contributed by atoms with E-state index in [1.54, 1.807) is 0 Å². The maximum atomic E-state index is 10.2. The Hall–Kier alpha value is -0.570. The second kappa shape index (κ2) is 3.72. The van der Waals surface area contributed by atoms with Gasteiger partial charge in [-0.3, -0.25) is 4.79 Å². The highest BCUT2D eigenvalue weighted by Crippen LogP contribution is 2.20. The van der Waals surface area contributed by atoms with E-state index in [0.717, 1.165) is 6.42 Å². The van der Waals surface area contributed by atoms with Gasteiger partial charge in [0.15, 0.2) is 0 Å². The first-order chi connectivity index (χ1) is 4.81. The monoisotopic (exact) mass is 159 g/mol. The summed E-state index contributed by atoms with van der Waals surface area (Å²) < 4.78 is 0. The highest BCUT2D eigenvalue weighted by atomic mass is 16.4. The topological polar surface area (TPSA) is 63.3 Å². The van der Waals surface area contributed by atoms with Gasteiger partial charge in [-0.2, -0.15) is 0 Å². The Balaban J connectivity index is 3.69. The molecule has 0 spiro atoms. The number of aliphatic carboxylic acids is 1. The van der Waals surface area contributed by atoms with Gasteiger partial charge >= 0.3 is 5.97 Å². The van der Waals surface area contributed by atoms with Crippen LogP contribution in [-0.2, 0) is 4.79 Å². The van der Waals surface area contributed by atoms with Crippen LogP contribution >= 0.6 is 0 Å². The van der Waals surface area contributed by atoms with Crippen LogP contribution in [0.2, 0.25) is 0 Å². The molecule has 0 amide bonds. The van der Waals surface area contributed by atoms with Gasteiger partial charge in [-0.15, -0.1) is 0 Å². The number of carboxylic acids is 1. The van der Waals surface area contributed by atoms with Crippen molar-refractivity contribution < 1.29 is 9.90 Å². The maximum Gasteiger partial charge on any atom is 0.304 e. The van der Waals surface area contributed by atoms with E-state index < -0.39 is 5.97 Å². The van der Waals surface area contributed by atoms with Crippen molar-refractivity contribution in [1.29, 1.82) is 0 Å². The van der Waals surface area contributed by atoms with Gasteiger partial charge in [0.05, 0.1) is 6.42 Å². The molecule has 0 fully saturated rings. The van der Waals surface area contributed by atoms with Crippen molar-refractivity contribution in [2.24, 2.45) is 11.1 Å². The van der Waals surface area contributed by atoms with Gasteiger partial charge in [0.1, 0.15) is 0 Å². The van der Waals surface area contributed by atoms with Gasteiger partial charge in [-0.05, 0) is 11.8 Å². The summed E-state index contributed by atoms with van der Waals surface area (Å²) in [5, 5.41) is 8.40. The van der Waals surface area contributed by atoms with E-state index in [2.05, 4.69) is 20.8 Å². The zero-order valence-electron chi connectivity index (χ0n) is 7.42. The number of hydrogen-bond acceptors (Lipinski definition) is 2. The van der Waals surface area contributed by atoms with Crippen molar-refractivity contribution in [3.63, 3.8) is 0 Å². The first-order valence-electron chi connectivity index (χ1n) is 3.78. The molecule has 11 heavy (non-hydrogen) atoms. The Morgan fingerprint density at radius 1 is 1.55 bits per heavy atom. The molecule has 0 aliphatic heterocycles. The summed E-state index contributed by atoms with van der Waals surface area (Å²) in [6.07, 6.45) is 0.816. The average Bonchev–Trinajstić information content (AvgIpc) is 1.53. The third-order valence-electron chi connectivity index (χ3n) is 1.31. The summed E-state index contributed by atoms with van der Waals surface area (Å²) in [6, 6.07) is -0.215. The van der Waals surface area contributed by atoms with Crippen LogP contribution in [0.15, 0.2) is 0 Å². The Morgan fingerprint density at radius 2 is 2.00 bits per heavy atom. The molecule has 0 aromatic heterocycles. The van der Waals surface area contributed by atoms with E-state index in [9.17, 15) is 4.79 Å². The van der Waals surface area contributed by atoms with Gasteiger partial charge in [-0.1, -0.05) is 20.8 Å². The van der Waals surface area contributed by atoms with E-state index in [4.69, 9.17) is 10.8 Å². The summed E-state index contributed by atoms with van der Waals surface area (Å²) >= 11 is 0. The molecular formula is C8H17NO2. The zero-order valence-corrected chi connectivity index (χ0v) is 7.42. The third kappa shape index (κ3) is 7.33. The quantitative estimate of drug-likeness (QED) is 0.651. The fraction of sp³-hybridized carbons (Fsp3) is 0.875. The Morgan fingerprint density at radius 3 is 2.27 bits per heavy atom. The molecule has 3 heteroatoms. The van der Waals surface area contributed by atoms with Gasteiger partial charge < -0.3 is 10.8 Å². The van der Waals surface area contributed by atoms with Crippen molar-refractivity contribution in [2.75, 3.05) is 0 Å². The minimum Gasteiger partial charge on any atom is -0.481 e. The van der Waals surface area contributed by atoms with Crippen LogP contribution in [0.25, 0.3) is 0 Å². The molecular weight excluding hydrogens is 142 g/mol. The predicted molar refractivity (Wildman–Crippen MR) is 44.3 cm³/mol. The molecule has 0 aromatic carbocycles. The highest BCUT2D eigenvalue weighted by Gasteiger charge is 2.17. The highest BCUT2D eigenvalue weighted by molar-refractivity contribution is 5.67. The van der Waals surface area contributed by atoms with Crippen molar-refractivity contribution in [2.45, 2.75) is 39.7 Å². The van der Waals surface area contributed by atoms with Gasteiger partial charge in [0, 0.05) is 6.04 Å². The van der Waals surface area contributed by atoms with Crippen LogP contribution in [0, 0.1) is 5.41 Å². The van der Waals surface area contributed by atoms with Crippen LogP contribution < -0.4 is 5.73 Å². The standard InChI is InChI=1S/C8H17NO2/c1-8(2,3)5-6(9)4-7(10)11/h6H,4-5,9H2,1-3H3,(H,10,11)/t6-/m1/s1. The molecule has 0 saturated carbocycles. The molecule has 1 atom stereocenters. The summed E-state index contributed by atoms with van der Waals surface area (Å²) in [4.78, 5) is 10.2. The summed E-state index contributed by atoms with van der Waals surface area (Å²) in [5.74, 6) is -0.818. The first kappa shape index (κ1) is 10.4. The fourth-order valence-electron chi connectivity index (χ4n) is 1.08. The predicted octanol–water partition coefficient (Wildman–Crippen LogP) is 1.22. The number of hydrogen-bond donors (Lipinski definition) is 2. The van der Waals surface area contributed by atoms with Gasteiger partial charge in [-0.25, -0.2) is 0 Å². The van der Waals surface area contributed by atoms with Crippen LogP contribution in [0.5, 0.6) is 0 Å². The maximum absolute atomic E-state index is 10.2. The number of carbonyl (C=O) groups is 1. The van der Waals surface area contributed by atoms with Gasteiger partial charge in [0.2, 0.25) is 0 Å². The Labute approximate surface area is 67.6 Å². The summed E-state index contributed by atoms with van der Waals surface area (Å²) in [7, 11) is 0. The minimum atomic E-state index is -0.818. The molecule has 0 rings (SSSR count). The van der Waals surface area contributed by atoms with E-state index >= 15 is 0 Å². The summed E-state index contributed by atoms with van der Waals surface area (Å²) in [5.41, 5.74) is 5.70. The molecule has 66 valence electrons. The van der Waals surface area contributed by atoms with Crippen LogP contribution in [-0.4, -0.2) is 17.1 Å². The zero-order chi connectivity index (χ0) is 9.07. The average molecular weight is 159 g/mol. The normalized spacial score (nSPS) is 14.5. The molecule has 0 aliphatic rings. The molecule has 0 radical (unpaired) electrons. The van der Waals surface area contributed by atoms with E-state index in [-0.39, 0.29) is 17.9 Å². The lowest BCUT2D eigenvalue weighted by Crippen LogP contribution is -2.28. The summed E-state index contributed by atoms with van der Waals surface area (Å²) in [6.45, 7) is 6.15. The van der Waals surface area contributed by atoms with E-state index in [0.29, 0.717) is 0 Å². The minimum absolute atomic E-state index is 0.0667. The number of carboxylic acid groups (broad SMARTS) is 1. The second-order valence-corrected chi connectivity index (χ2v) is 4.12. The SMILES string of the molecule is CC(C)(C)C[C@H](N)CC(=O)O. The van der Waals surface area contributed by atoms with Crippen LogP contribution in [0.1, 0.15) is 33.6 Å². The second-order valence-electron chi connectivity index (χ2n) is 4.12. The smallest absolute Gasteiger partial charge is 0.304 e. The first-order valence-corrected chi connectivity index (χ1v) is 3.78. The van der Waals surface area contributed by atoms with Gasteiger partial charge in [0.25, 0.3) is 0 Å².